The van der Waals surface area contributed by atoms with Gasteiger partial charge in [0, 0.05) is 11.9 Å². The summed E-state index contributed by atoms with van der Waals surface area (Å²) in [6.07, 6.45) is 1.09. The normalized spacial score (nSPS) is 11.3. The van der Waals surface area contributed by atoms with Crippen LogP contribution < -0.4 is 9.46 Å². The Kier molecular flexibility index (Phi) is 5.68. The number of nitrogens with one attached hydrogen (secondary N) is 1. The van der Waals surface area contributed by atoms with E-state index in [4.69, 9.17) is 16.3 Å². The molecule has 0 atom stereocenters. The molecule has 1 rings (SSSR count). The molecular formula is C11H15ClFNO3S. The Morgan fingerprint density at radius 1 is 1.39 bits per heavy atom. The molecule has 0 fully saturated rings. The van der Waals surface area contributed by atoms with Gasteiger partial charge in [0.15, 0.2) is 11.6 Å². The summed E-state index contributed by atoms with van der Waals surface area (Å²) < 4.78 is 43.7. The van der Waals surface area contributed by atoms with E-state index in [0.717, 1.165) is 6.07 Å². The number of anilines is 1. The molecule has 0 bridgehead atoms. The van der Waals surface area contributed by atoms with Gasteiger partial charge in [-0.1, -0.05) is 0 Å². The fourth-order valence-electron chi connectivity index (χ4n) is 1.35. The van der Waals surface area contributed by atoms with E-state index in [1.807, 2.05) is 0 Å². The summed E-state index contributed by atoms with van der Waals surface area (Å²) in [6, 6.07) is 3.89. The van der Waals surface area contributed by atoms with Gasteiger partial charge in [-0.25, -0.2) is 12.8 Å². The first kappa shape index (κ1) is 15.0. The van der Waals surface area contributed by atoms with Crippen molar-refractivity contribution in [3.05, 3.63) is 24.0 Å². The van der Waals surface area contributed by atoms with Crippen molar-refractivity contribution < 1.29 is 17.5 Å². The molecule has 0 aliphatic rings. The van der Waals surface area contributed by atoms with Gasteiger partial charge in [-0.05, 0) is 25.0 Å². The first-order valence-corrected chi connectivity index (χ1v) is 7.57. The summed E-state index contributed by atoms with van der Waals surface area (Å²) in [4.78, 5) is 0. The molecule has 18 heavy (non-hydrogen) atoms. The Morgan fingerprint density at radius 2 is 2.11 bits per heavy atom. The molecule has 0 saturated heterocycles. The van der Waals surface area contributed by atoms with Gasteiger partial charge in [0.25, 0.3) is 0 Å². The maximum absolute atomic E-state index is 13.4. The molecule has 1 aromatic rings. The number of rotatable bonds is 7. The van der Waals surface area contributed by atoms with E-state index in [2.05, 4.69) is 4.72 Å². The van der Waals surface area contributed by atoms with E-state index < -0.39 is 15.8 Å². The molecule has 1 aromatic carbocycles. The van der Waals surface area contributed by atoms with Crippen LogP contribution in [0.4, 0.5) is 10.1 Å². The number of methoxy groups -OCH3 is 1. The first-order chi connectivity index (χ1) is 8.48. The zero-order chi connectivity index (χ0) is 13.6. The minimum Gasteiger partial charge on any atom is -0.494 e. The van der Waals surface area contributed by atoms with Gasteiger partial charge in [-0.15, -0.1) is 11.6 Å². The highest BCUT2D eigenvalue weighted by atomic mass is 35.5. The molecule has 0 spiro atoms. The molecule has 0 amide bonds. The Bertz CT molecular complexity index is 493. The highest BCUT2D eigenvalue weighted by molar-refractivity contribution is 7.92. The third kappa shape index (κ3) is 4.70. The number of hydrogen-bond donors (Lipinski definition) is 1. The molecule has 102 valence electrons. The van der Waals surface area contributed by atoms with Crippen molar-refractivity contribution in [2.45, 2.75) is 12.8 Å². The third-order valence-corrected chi connectivity index (χ3v) is 3.86. The molecule has 0 aliphatic carbocycles. The zero-order valence-corrected chi connectivity index (χ0v) is 11.5. The van der Waals surface area contributed by atoms with Crippen LogP contribution in [-0.4, -0.2) is 27.2 Å². The molecule has 0 aliphatic heterocycles. The second-order valence-corrected chi connectivity index (χ2v) is 5.89. The van der Waals surface area contributed by atoms with Gasteiger partial charge in [0.2, 0.25) is 10.0 Å². The second-order valence-electron chi connectivity index (χ2n) is 3.67. The maximum atomic E-state index is 13.4. The van der Waals surface area contributed by atoms with Gasteiger partial charge in [-0.3, -0.25) is 4.72 Å². The Hall–Kier alpha value is -1.01. The molecular weight excluding hydrogens is 281 g/mol. The number of halogens is 2. The molecule has 7 heteroatoms. The summed E-state index contributed by atoms with van der Waals surface area (Å²) in [5.74, 6) is -0.154. The SMILES string of the molecule is COc1ccc(NS(=O)(=O)CCCCCl)cc1F. The van der Waals surface area contributed by atoms with E-state index in [1.165, 1.54) is 19.2 Å². The van der Waals surface area contributed by atoms with Crippen LogP contribution in [0.15, 0.2) is 18.2 Å². The van der Waals surface area contributed by atoms with Crippen LogP contribution in [0.5, 0.6) is 5.75 Å². The van der Waals surface area contributed by atoms with Gasteiger partial charge >= 0.3 is 0 Å². The summed E-state index contributed by atoms with van der Waals surface area (Å²) >= 11 is 5.47. The Morgan fingerprint density at radius 3 is 2.67 bits per heavy atom. The van der Waals surface area contributed by atoms with Crippen molar-refractivity contribution >= 4 is 27.3 Å². The fourth-order valence-corrected chi connectivity index (χ4v) is 2.71. The monoisotopic (exact) mass is 295 g/mol. The first-order valence-electron chi connectivity index (χ1n) is 5.38. The van der Waals surface area contributed by atoms with Gasteiger partial charge in [0.05, 0.1) is 18.6 Å². The highest BCUT2D eigenvalue weighted by Crippen LogP contribution is 2.21. The van der Waals surface area contributed by atoms with Crippen LogP contribution in [0.1, 0.15) is 12.8 Å². The van der Waals surface area contributed by atoms with Crippen molar-refractivity contribution in [3.8, 4) is 5.75 Å². The Labute approximate surface area is 111 Å². The standard InChI is InChI=1S/C11H15ClFNO3S/c1-17-11-5-4-9(8-10(11)13)14-18(15,16)7-3-2-6-12/h4-5,8,14H,2-3,6-7H2,1H3. The number of hydrogen-bond acceptors (Lipinski definition) is 3. The lowest BCUT2D eigenvalue weighted by atomic mass is 10.3. The van der Waals surface area contributed by atoms with E-state index in [0.29, 0.717) is 18.7 Å². The fraction of sp³-hybridized carbons (Fsp3) is 0.455. The average Bonchev–Trinajstić information content (AvgIpc) is 2.29. The predicted octanol–water partition coefficient (Wildman–Crippen LogP) is 2.60. The molecule has 1 N–H and O–H groups in total. The predicted molar refractivity (Wildman–Crippen MR) is 70.3 cm³/mol. The second kappa shape index (κ2) is 6.80. The topological polar surface area (TPSA) is 55.4 Å². The number of unbranched alkanes of at least 4 members (excludes halogenated alkanes) is 1. The quantitative estimate of drug-likeness (QED) is 0.621. The van der Waals surface area contributed by atoms with Crippen LogP contribution in [0.25, 0.3) is 0 Å². The van der Waals surface area contributed by atoms with Crippen molar-refractivity contribution in [2.75, 3.05) is 23.5 Å². The zero-order valence-electron chi connectivity index (χ0n) is 9.95. The number of alkyl halides is 1. The smallest absolute Gasteiger partial charge is 0.232 e. The molecule has 0 aromatic heterocycles. The van der Waals surface area contributed by atoms with Gasteiger partial charge < -0.3 is 4.74 Å². The summed E-state index contributed by atoms with van der Waals surface area (Å²) in [5.41, 5.74) is 0.180. The lowest BCUT2D eigenvalue weighted by molar-refractivity contribution is 0.386. The van der Waals surface area contributed by atoms with Crippen molar-refractivity contribution in [1.29, 1.82) is 0 Å². The van der Waals surface area contributed by atoms with E-state index in [-0.39, 0.29) is 17.2 Å². The van der Waals surface area contributed by atoms with Crippen LogP contribution in [0.3, 0.4) is 0 Å². The number of benzene rings is 1. The molecule has 0 radical (unpaired) electrons. The van der Waals surface area contributed by atoms with Gasteiger partial charge in [-0.2, -0.15) is 0 Å². The third-order valence-electron chi connectivity index (χ3n) is 2.22. The molecule has 0 saturated carbocycles. The summed E-state index contributed by atoms with van der Waals surface area (Å²) in [7, 11) is -2.12. The van der Waals surface area contributed by atoms with E-state index in [1.54, 1.807) is 0 Å². The lowest BCUT2D eigenvalue weighted by Gasteiger charge is -2.09. The van der Waals surface area contributed by atoms with Crippen molar-refractivity contribution in [1.82, 2.24) is 0 Å². The van der Waals surface area contributed by atoms with Crippen LogP contribution in [0, 0.1) is 5.82 Å². The van der Waals surface area contributed by atoms with E-state index >= 15 is 0 Å². The van der Waals surface area contributed by atoms with Crippen LogP contribution >= 0.6 is 11.6 Å². The average molecular weight is 296 g/mol. The molecule has 0 heterocycles. The molecule has 0 unspecified atom stereocenters. The number of sulfonamides is 1. The largest absolute Gasteiger partial charge is 0.494 e. The molecule has 4 nitrogen and oxygen atoms in total. The summed E-state index contributed by atoms with van der Waals surface area (Å²) in [6.45, 7) is 0. The minimum absolute atomic E-state index is 0.0344. The maximum Gasteiger partial charge on any atom is 0.232 e. The Balaban J connectivity index is 2.69. The van der Waals surface area contributed by atoms with Crippen molar-refractivity contribution in [2.24, 2.45) is 0 Å². The van der Waals surface area contributed by atoms with Crippen LogP contribution in [-0.2, 0) is 10.0 Å². The van der Waals surface area contributed by atoms with Gasteiger partial charge in [0.1, 0.15) is 0 Å². The number of ether oxygens (including phenoxy) is 1. The lowest BCUT2D eigenvalue weighted by Crippen LogP contribution is -2.16. The van der Waals surface area contributed by atoms with E-state index in [9.17, 15) is 12.8 Å². The highest BCUT2D eigenvalue weighted by Gasteiger charge is 2.11. The minimum atomic E-state index is -3.46. The van der Waals surface area contributed by atoms with Crippen LogP contribution in [0.2, 0.25) is 0 Å². The van der Waals surface area contributed by atoms with Crippen molar-refractivity contribution in [3.63, 3.8) is 0 Å². The summed E-state index contributed by atoms with van der Waals surface area (Å²) in [5, 5.41) is 0.